The third kappa shape index (κ3) is 3.27. The standard InChI is InChI=1S/C19H14ClFN4O2/c1-4-7-24-12(3)16(15-6-5-14(21)17(20)23-15)18(26)25(19(24)27)13-8-11(2)9-22-10-13/h1,5-6,8-10H,7H2,2-3H3. The number of aryl methyl sites for hydroxylation is 1. The highest BCUT2D eigenvalue weighted by Gasteiger charge is 2.20. The average Bonchev–Trinajstić information content (AvgIpc) is 2.62. The SMILES string of the molecule is C#CCn1c(C)c(-c2ccc(F)c(Cl)n2)c(=O)n(-c2cncc(C)c2)c1=O. The van der Waals surface area contributed by atoms with Gasteiger partial charge in [-0.15, -0.1) is 6.42 Å². The first-order valence-corrected chi connectivity index (χ1v) is 8.27. The first-order chi connectivity index (χ1) is 12.8. The zero-order valence-corrected chi connectivity index (χ0v) is 15.3. The first kappa shape index (κ1) is 18.5. The van der Waals surface area contributed by atoms with Gasteiger partial charge in [-0.2, -0.15) is 0 Å². The molecule has 0 atom stereocenters. The summed E-state index contributed by atoms with van der Waals surface area (Å²) in [5, 5.41) is -0.371. The van der Waals surface area contributed by atoms with Crippen molar-refractivity contribution in [3.05, 3.63) is 73.7 Å². The first-order valence-electron chi connectivity index (χ1n) is 7.89. The molecule has 3 aromatic rings. The second kappa shape index (κ2) is 7.17. The maximum Gasteiger partial charge on any atom is 0.336 e. The summed E-state index contributed by atoms with van der Waals surface area (Å²) in [6.07, 6.45) is 8.39. The third-order valence-electron chi connectivity index (χ3n) is 4.03. The lowest BCUT2D eigenvalue weighted by atomic mass is 10.1. The van der Waals surface area contributed by atoms with E-state index in [2.05, 4.69) is 15.9 Å². The summed E-state index contributed by atoms with van der Waals surface area (Å²) >= 11 is 5.77. The van der Waals surface area contributed by atoms with Crippen LogP contribution in [0.2, 0.25) is 5.15 Å². The molecule has 0 spiro atoms. The Kier molecular flexibility index (Phi) is 4.93. The van der Waals surface area contributed by atoms with Crippen molar-refractivity contribution in [3.8, 4) is 29.3 Å². The largest absolute Gasteiger partial charge is 0.336 e. The Labute approximate surface area is 158 Å². The van der Waals surface area contributed by atoms with Gasteiger partial charge >= 0.3 is 5.69 Å². The van der Waals surface area contributed by atoms with Crippen LogP contribution < -0.4 is 11.2 Å². The number of rotatable bonds is 3. The molecule has 0 aliphatic carbocycles. The molecule has 0 saturated carbocycles. The zero-order valence-electron chi connectivity index (χ0n) is 14.5. The van der Waals surface area contributed by atoms with Crippen molar-refractivity contribution in [2.24, 2.45) is 0 Å². The molecule has 0 aromatic carbocycles. The summed E-state index contributed by atoms with van der Waals surface area (Å²) < 4.78 is 15.7. The van der Waals surface area contributed by atoms with Gasteiger partial charge in [-0.25, -0.2) is 18.7 Å². The topological polar surface area (TPSA) is 69.8 Å². The monoisotopic (exact) mass is 384 g/mol. The van der Waals surface area contributed by atoms with Crippen LogP contribution in [0.4, 0.5) is 4.39 Å². The Bertz CT molecular complexity index is 1210. The number of nitrogens with zero attached hydrogens (tertiary/aromatic N) is 4. The van der Waals surface area contributed by atoms with Gasteiger partial charge < -0.3 is 0 Å². The summed E-state index contributed by atoms with van der Waals surface area (Å²) in [6.45, 7) is 3.32. The highest BCUT2D eigenvalue weighted by atomic mass is 35.5. The van der Waals surface area contributed by atoms with Gasteiger partial charge in [-0.05, 0) is 37.6 Å². The van der Waals surface area contributed by atoms with Crippen LogP contribution in [0.5, 0.6) is 0 Å². The summed E-state index contributed by atoms with van der Waals surface area (Å²) in [4.78, 5) is 34.1. The van der Waals surface area contributed by atoms with Crippen LogP contribution in [0, 0.1) is 32.0 Å². The number of hydrogen-bond acceptors (Lipinski definition) is 4. The number of hydrogen-bond donors (Lipinski definition) is 0. The molecule has 0 aliphatic heterocycles. The highest BCUT2D eigenvalue weighted by molar-refractivity contribution is 6.29. The predicted molar refractivity (Wildman–Crippen MR) is 101 cm³/mol. The smallest absolute Gasteiger partial charge is 0.285 e. The maximum atomic E-state index is 13.5. The Morgan fingerprint density at radius 2 is 2.00 bits per heavy atom. The van der Waals surface area contributed by atoms with Gasteiger partial charge in [0.1, 0.15) is 0 Å². The van der Waals surface area contributed by atoms with Crippen LogP contribution in [0.15, 0.2) is 40.2 Å². The Hall–Kier alpha value is -3.24. The van der Waals surface area contributed by atoms with E-state index in [0.29, 0.717) is 11.4 Å². The van der Waals surface area contributed by atoms with Crippen molar-refractivity contribution in [2.75, 3.05) is 0 Å². The predicted octanol–water partition coefficient (Wildman–Crippen LogP) is 2.50. The molecule has 0 aliphatic rings. The quantitative estimate of drug-likeness (QED) is 0.514. The van der Waals surface area contributed by atoms with Crippen molar-refractivity contribution in [2.45, 2.75) is 20.4 Å². The molecule has 0 saturated heterocycles. The summed E-state index contributed by atoms with van der Waals surface area (Å²) in [5.41, 5.74) is 0.415. The van der Waals surface area contributed by atoms with Crippen molar-refractivity contribution in [1.82, 2.24) is 19.1 Å². The molecule has 0 bridgehead atoms. The molecule has 3 heterocycles. The minimum atomic E-state index is -0.710. The van der Waals surface area contributed by atoms with Crippen molar-refractivity contribution >= 4 is 11.6 Å². The van der Waals surface area contributed by atoms with Gasteiger partial charge in [0, 0.05) is 11.9 Å². The fourth-order valence-corrected chi connectivity index (χ4v) is 2.92. The number of halogens is 2. The van der Waals surface area contributed by atoms with E-state index in [1.165, 1.54) is 16.8 Å². The van der Waals surface area contributed by atoms with Crippen LogP contribution in [0.3, 0.4) is 0 Å². The fraction of sp³-hybridized carbons (Fsp3) is 0.158. The fourth-order valence-electron chi connectivity index (χ4n) is 2.77. The van der Waals surface area contributed by atoms with Crippen molar-refractivity contribution < 1.29 is 4.39 Å². The molecule has 8 heteroatoms. The van der Waals surface area contributed by atoms with Crippen LogP contribution in [-0.2, 0) is 6.54 Å². The van der Waals surface area contributed by atoms with Gasteiger partial charge in [-0.1, -0.05) is 17.5 Å². The molecule has 0 N–H and O–H groups in total. The van der Waals surface area contributed by atoms with Crippen LogP contribution in [0.25, 0.3) is 16.9 Å². The van der Waals surface area contributed by atoms with Gasteiger partial charge in [0.25, 0.3) is 5.56 Å². The molecule has 27 heavy (non-hydrogen) atoms. The van der Waals surface area contributed by atoms with Gasteiger partial charge in [0.05, 0.1) is 29.7 Å². The van der Waals surface area contributed by atoms with E-state index in [1.54, 1.807) is 26.1 Å². The molecule has 0 unspecified atom stereocenters. The lowest BCUT2D eigenvalue weighted by molar-refractivity contribution is 0.622. The highest BCUT2D eigenvalue weighted by Crippen LogP contribution is 2.21. The van der Waals surface area contributed by atoms with Gasteiger partial charge in [0.2, 0.25) is 0 Å². The molecule has 0 radical (unpaired) electrons. The Morgan fingerprint density at radius 1 is 1.26 bits per heavy atom. The summed E-state index contributed by atoms with van der Waals surface area (Å²) in [7, 11) is 0. The van der Waals surface area contributed by atoms with E-state index in [-0.39, 0.29) is 23.0 Å². The van der Waals surface area contributed by atoms with Crippen LogP contribution in [-0.4, -0.2) is 19.1 Å². The second-order valence-corrected chi connectivity index (χ2v) is 6.22. The number of aromatic nitrogens is 4. The van der Waals surface area contributed by atoms with E-state index in [9.17, 15) is 14.0 Å². The third-order valence-corrected chi connectivity index (χ3v) is 4.30. The van der Waals surface area contributed by atoms with E-state index in [4.69, 9.17) is 18.0 Å². The minimum Gasteiger partial charge on any atom is -0.285 e. The summed E-state index contributed by atoms with van der Waals surface area (Å²) in [6, 6.07) is 4.09. The molecule has 0 amide bonds. The zero-order chi connectivity index (χ0) is 19.7. The lowest BCUT2D eigenvalue weighted by Gasteiger charge is -2.15. The lowest BCUT2D eigenvalue weighted by Crippen LogP contribution is -2.41. The second-order valence-electron chi connectivity index (χ2n) is 5.86. The Balaban J connectivity index is 2.44. The maximum absolute atomic E-state index is 13.5. The van der Waals surface area contributed by atoms with E-state index in [1.807, 2.05) is 0 Å². The molecule has 136 valence electrons. The minimum absolute atomic E-state index is 0.0495. The van der Waals surface area contributed by atoms with E-state index >= 15 is 0 Å². The average molecular weight is 385 g/mol. The summed E-state index contributed by atoms with van der Waals surface area (Å²) in [5.74, 6) is 1.69. The molecule has 0 fully saturated rings. The number of terminal acetylenes is 1. The molecular weight excluding hydrogens is 371 g/mol. The van der Waals surface area contributed by atoms with Crippen molar-refractivity contribution in [3.63, 3.8) is 0 Å². The molecule has 3 aromatic heterocycles. The molecule has 6 nitrogen and oxygen atoms in total. The Morgan fingerprint density at radius 3 is 2.63 bits per heavy atom. The van der Waals surface area contributed by atoms with E-state index < -0.39 is 17.1 Å². The van der Waals surface area contributed by atoms with E-state index in [0.717, 1.165) is 16.2 Å². The van der Waals surface area contributed by atoms with Crippen LogP contribution >= 0.6 is 11.6 Å². The van der Waals surface area contributed by atoms with Crippen LogP contribution in [0.1, 0.15) is 11.3 Å². The molecule has 3 rings (SSSR count). The van der Waals surface area contributed by atoms with Crippen molar-refractivity contribution in [1.29, 1.82) is 0 Å². The number of pyridine rings is 2. The molecular formula is C19H14ClFN4O2. The van der Waals surface area contributed by atoms with Gasteiger partial charge in [-0.3, -0.25) is 14.3 Å². The normalized spacial score (nSPS) is 10.6. The van der Waals surface area contributed by atoms with Gasteiger partial charge in [0.15, 0.2) is 11.0 Å².